The highest BCUT2D eigenvalue weighted by atomic mass is 16.5. The third kappa shape index (κ3) is 4.84. The van der Waals surface area contributed by atoms with Crippen LogP contribution in [0.3, 0.4) is 0 Å². The molecule has 5 rings (SSSR count). The molecule has 3 fully saturated rings. The van der Waals surface area contributed by atoms with Gasteiger partial charge in [0.15, 0.2) is 0 Å². The first-order chi connectivity index (χ1) is 15.6. The van der Waals surface area contributed by atoms with Gasteiger partial charge in [-0.1, -0.05) is 30.3 Å². The van der Waals surface area contributed by atoms with Gasteiger partial charge >= 0.3 is 0 Å². The number of amides is 1. The molecule has 2 aromatic carbocycles. The Balaban J connectivity index is 1.13. The van der Waals surface area contributed by atoms with Gasteiger partial charge in [-0.15, -0.1) is 0 Å². The monoisotopic (exact) mass is 433 g/mol. The van der Waals surface area contributed by atoms with Crippen molar-refractivity contribution in [1.82, 2.24) is 14.7 Å². The van der Waals surface area contributed by atoms with Gasteiger partial charge in [0.25, 0.3) is 0 Å². The molecule has 1 aliphatic carbocycles. The topological polar surface area (TPSA) is 36.0 Å². The highest BCUT2D eigenvalue weighted by molar-refractivity contribution is 5.82. The van der Waals surface area contributed by atoms with Crippen molar-refractivity contribution in [2.45, 2.75) is 32.2 Å². The molecule has 32 heavy (non-hydrogen) atoms. The molecule has 0 bridgehead atoms. The van der Waals surface area contributed by atoms with E-state index in [2.05, 4.69) is 39.9 Å². The molecular formula is C27H35N3O2. The Morgan fingerprint density at radius 2 is 1.72 bits per heavy atom. The van der Waals surface area contributed by atoms with Crippen molar-refractivity contribution in [3.05, 3.63) is 60.2 Å². The van der Waals surface area contributed by atoms with Crippen molar-refractivity contribution in [3.8, 4) is 11.5 Å². The van der Waals surface area contributed by atoms with Crippen molar-refractivity contribution in [2.24, 2.45) is 11.3 Å². The number of ether oxygens (including phenoxy) is 1. The minimum absolute atomic E-state index is 0.274. The Kier molecular flexibility index (Phi) is 6.20. The maximum Gasteiger partial charge on any atom is 0.226 e. The molecule has 1 atom stereocenters. The fourth-order valence-electron chi connectivity index (χ4n) is 5.48. The van der Waals surface area contributed by atoms with Gasteiger partial charge in [0, 0.05) is 32.1 Å². The molecule has 0 N–H and O–H groups in total. The molecule has 0 unspecified atom stereocenters. The van der Waals surface area contributed by atoms with Crippen LogP contribution in [-0.2, 0) is 11.3 Å². The first kappa shape index (κ1) is 21.5. The number of rotatable bonds is 5. The molecule has 170 valence electrons. The van der Waals surface area contributed by atoms with Gasteiger partial charge in [-0.05, 0) is 87.6 Å². The van der Waals surface area contributed by atoms with Crippen LogP contribution in [0.5, 0.6) is 11.5 Å². The van der Waals surface area contributed by atoms with E-state index in [1.807, 2.05) is 36.4 Å². The van der Waals surface area contributed by atoms with Crippen molar-refractivity contribution >= 4 is 5.91 Å². The van der Waals surface area contributed by atoms with E-state index in [4.69, 9.17) is 4.74 Å². The summed E-state index contributed by atoms with van der Waals surface area (Å²) in [5, 5.41) is 0. The van der Waals surface area contributed by atoms with Gasteiger partial charge in [-0.3, -0.25) is 9.69 Å². The summed E-state index contributed by atoms with van der Waals surface area (Å²) in [6.45, 7) is 7.04. The number of hydrogen-bond donors (Lipinski definition) is 0. The predicted molar refractivity (Wildman–Crippen MR) is 127 cm³/mol. The molecule has 3 aliphatic rings. The molecule has 0 aromatic heterocycles. The summed E-state index contributed by atoms with van der Waals surface area (Å²) in [4.78, 5) is 20.2. The van der Waals surface area contributed by atoms with Gasteiger partial charge in [0.2, 0.25) is 5.91 Å². The predicted octanol–water partition coefficient (Wildman–Crippen LogP) is 4.25. The Hall–Kier alpha value is -2.37. The Bertz CT molecular complexity index is 924. The van der Waals surface area contributed by atoms with Gasteiger partial charge in [-0.2, -0.15) is 0 Å². The fourth-order valence-corrected chi connectivity index (χ4v) is 5.48. The molecule has 5 heteroatoms. The zero-order valence-corrected chi connectivity index (χ0v) is 19.2. The third-order valence-corrected chi connectivity index (χ3v) is 7.65. The zero-order chi connectivity index (χ0) is 22.0. The zero-order valence-electron chi connectivity index (χ0n) is 19.2. The molecule has 2 aliphatic heterocycles. The summed E-state index contributed by atoms with van der Waals surface area (Å²) >= 11 is 0. The number of piperidine rings is 1. The second-order valence-corrected chi connectivity index (χ2v) is 9.94. The van der Waals surface area contributed by atoms with Gasteiger partial charge in [0.1, 0.15) is 11.5 Å². The first-order valence-electron chi connectivity index (χ1n) is 12.1. The Morgan fingerprint density at radius 3 is 2.53 bits per heavy atom. The number of likely N-dealkylation sites (N-methyl/N-ethyl adjacent to an activating group) is 1. The van der Waals surface area contributed by atoms with Gasteiger partial charge in [0.05, 0.1) is 0 Å². The Morgan fingerprint density at radius 1 is 0.938 bits per heavy atom. The van der Waals surface area contributed by atoms with E-state index in [1.54, 1.807) is 0 Å². The molecule has 1 saturated carbocycles. The SMILES string of the molecule is CN1CCCN(C(=O)[C@@H]2CC23CCN(Cc2cccc(Oc4ccccc4)c2)CC3)CC1. The second kappa shape index (κ2) is 9.24. The van der Waals surface area contributed by atoms with Crippen LogP contribution in [-0.4, -0.2) is 66.9 Å². The Labute approximate surface area is 191 Å². The molecule has 1 spiro atoms. The van der Waals surface area contributed by atoms with Crippen molar-refractivity contribution < 1.29 is 9.53 Å². The molecule has 5 nitrogen and oxygen atoms in total. The normalized spacial score (nSPS) is 23.7. The summed E-state index contributed by atoms with van der Waals surface area (Å²) in [6.07, 6.45) is 4.50. The van der Waals surface area contributed by atoms with E-state index in [9.17, 15) is 4.79 Å². The molecule has 2 saturated heterocycles. The fraction of sp³-hybridized carbons (Fsp3) is 0.519. The lowest BCUT2D eigenvalue weighted by Crippen LogP contribution is -2.39. The van der Waals surface area contributed by atoms with Crippen LogP contribution < -0.4 is 4.74 Å². The van der Waals surface area contributed by atoms with E-state index < -0.39 is 0 Å². The summed E-state index contributed by atoms with van der Waals surface area (Å²) in [5.74, 6) is 2.46. The number of hydrogen-bond acceptors (Lipinski definition) is 4. The van der Waals surface area contributed by atoms with Gasteiger partial charge < -0.3 is 14.5 Å². The number of benzene rings is 2. The molecule has 2 heterocycles. The first-order valence-corrected chi connectivity index (χ1v) is 12.1. The average Bonchev–Trinajstić information content (AvgIpc) is 3.55. The average molecular weight is 434 g/mol. The van der Waals surface area contributed by atoms with Crippen LogP contribution >= 0.6 is 0 Å². The van der Waals surface area contributed by atoms with Crippen LogP contribution in [0.1, 0.15) is 31.2 Å². The van der Waals surface area contributed by atoms with Crippen LogP contribution in [0.25, 0.3) is 0 Å². The molecule has 0 radical (unpaired) electrons. The van der Waals surface area contributed by atoms with E-state index in [-0.39, 0.29) is 11.3 Å². The van der Waals surface area contributed by atoms with Crippen molar-refractivity contribution in [1.29, 1.82) is 0 Å². The number of likely N-dealkylation sites (tertiary alicyclic amines) is 1. The number of carbonyl (C=O) groups is 1. The lowest BCUT2D eigenvalue weighted by Gasteiger charge is -2.33. The standard InChI is InChI=1S/C27H35N3O2/c1-28-13-6-14-30(18-17-28)26(31)25-20-27(25)11-15-29(16-12-27)21-22-7-5-10-24(19-22)32-23-8-3-2-4-9-23/h2-5,7-10,19,25H,6,11-18,20-21H2,1H3/t25-/m0/s1. The summed E-state index contributed by atoms with van der Waals surface area (Å²) in [7, 11) is 2.16. The summed E-state index contributed by atoms with van der Waals surface area (Å²) < 4.78 is 6.00. The number of carbonyl (C=O) groups excluding carboxylic acids is 1. The van der Waals surface area contributed by atoms with E-state index in [1.165, 1.54) is 5.56 Å². The van der Waals surface area contributed by atoms with Crippen molar-refractivity contribution in [3.63, 3.8) is 0 Å². The highest BCUT2D eigenvalue weighted by Crippen LogP contribution is 2.60. The lowest BCUT2D eigenvalue weighted by atomic mass is 9.90. The van der Waals surface area contributed by atoms with E-state index >= 15 is 0 Å². The summed E-state index contributed by atoms with van der Waals surface area (Å²) in [5.41, 5.74) is 1.57. The molecule has 2 aromatic rings. The maximum atomic E-state index is 13.1. The minimum Gasteiger partial charge on any atom is -0.457 e. The minimum atomic E-state index is 0.274. The van der Waals surface area contributed by atoms with Crippen LogP contribution in [0.4, 0.5) is 0 Å². The largest absolute Gasteiger partial charge is 0.457 e. The van der Waals surface area contributed by atoms with Crippen LogP contribution in [0.2, 0.25) is 0 Å². The maximum absolute atomic E-state index is 13.1. The second-order valence-electron chi connectivity index (χ2n) is 9.94. The summed E-state index contributed by atoms with van der Waals surface area (Å²) in [6, 6.07) is 18.4. The molecular weight excluding hydrogens is 398 g/mol. The number of nitrogens with zero attached hydrogens (tertiary/aromatic N) is 3. The van der Waals surface area contributed by atoms with E-state index in [0.717, 1.165) is 83.0 Å². The van der Waals surface area contributed by atoms with Crippen LogP contribution in [0, 0.1) is 11.3 Å². The number of para-hydroxylation sites is 1. The lowest BCUT2D eigenvalue weighted by molar-refractivity contribution is -0.133. The van der Waals surface area contributed by atoms with Crippen molar-refractivity contribution in [2.75, 3.05) is 46.3 Å². The van der Waals surface area contributed by atoms with Crippen LogP contribution in [0.15, 0.2) is 54.6 Å². The highest BCUT2D eigenvalue weighted by Gasteiger charge is 2.59. The molecule has 1 amide bonds. The smallest absolute Gasteiger partial charge is 0.226 e. The van der Waals surface area contributed by atoms with Gasteiger partial charge in [-0.25, -0.2) is 0 Å². The van der Waals surface area contributed by atoms with E-state index in [0.29, 0.717) is 5.91 Å². The quantitative estimate of drug-likeness (QED) is 0.707. The third-order valence-electron chi connectivity index (χ3n) is 7.65.